The van der Waals surface area contributed by atoms with Gasteiger partial charge in [0.2, 0.25) is 0 Å². The van der Waals surface area contributed by atoms with E-state index in [0.717, 1.165) is 19.3 Å². The first-order chi connectivity index (χ1) is 10.1. The molecule has 116 valence electrons. The number of rotatable bonds is 4. The van der Waals surface area contributed by atoms with Crippen LogP contribution >= 0.6 is 0 Å². The van der Waals surface area contributed by atoms with Gasteiger partial charge in [-0.25, -0.2) is 9.59 Å². The molecule has 2 amide bonds. The molecule has 1 heterocycles. The summed E-state index contributed by atoms with van der Waals surface area (Å²) >= 11 is 0. The van der Waals surface area contributed by atoms with Gasteiger partial charge >= 0.3 is 12.0 Å². The van der Waals surface area contributed by atoms with Crippen LogP contribution in [0.25, 0.3) is 0 Å². The number of hydrogen-bond acceptors (Lipinski definition) is 4. The van der Waals surface area contributed by atoms with Crippen LogP contribution in [0.15, 0.2) is 22.8 Å². The van der Waals surface area contributed by atoms with Gasteiger partial charge in [-0.1, -0.05) is 19.3 Å². The quantitative estimate of drug-likeness (QED) is 0.865. The summed E-state index contributed by atoms with van der Waals surface area (Å²) in [6.07, 6.45) is 5.73. The Labute approximate surface area is 124 Å². The normalized spacial score (nSPS) is 17.0. The maximum Gasteiger partial charge on any atom is 0.331 e. The third-order valence-electron chi connectivity index (χ3n) is 3.95. The zero-order valence-corrected chi connectivity index (χ0v) is 12.6. The fourth-order valence-corrected chi connectivity index (χ4v) is 2.74. The smallest absolute Gasteiger partial charge is 0.331 e. The molecule has 1 aliphatic carbocycles. The third-order valence-corrected chi connectivity index (χ3v) is 3.95. The predicted octanol–water partition coefficient (Wildman–Crippen LogP) is 2.30. The number of urea groups is 1. The number of hydrogen-bond donors (Lipinski definition) is 1. The lowest BCUT2D eigenvalue weighted by Crippen LogP contribution is -2.58. The first-order valence-electron chi connectivity index (χ1n) is 7.21. The fraction of sp³-hybridized carbons (Fsp3) is 0.600. The number of esters is 1. The molecule has 1 aromatic rings. The maximum absolute atomic E-state index is 12.3. The molecule has 0 unspecified atom stereocenters. The molecule has 1 fully saturated rings. The molecule has 2 rings (SSSR count). The number of methoxy groups -OCH3 is 1. The van der Waals surface area contributed by atoms with Gasteiger partial charge in [-0.05, 0) is 25.0 Å². The van der Waals surface area contributed by atoms with Crippen molar-refractivity contribution in [2.75, 3.05) is 14.2 Å². The summed E-state index contributed by atoms with van der Waals surface area (Å²) in [5, 5.41) is 2.87. The zero-order valence-electron chi connectivity index (χ0n) is 12.6. The van der Waals surface area contributed by atoms with Gasteiger partial charge in [0.05, 0.1) is 19.9 Å². The molecule has 0 aromatic carbocycles. The molecule has 1 aromatic heterocycles. The summed E-state index contributed by atoms with van der Waals surface area (Å²) in [7, 11) is 3.03. The van der Waals surface area contributed by atoms with E-state index >= 15 is 0 Å². The van der Waals surface area contributed by atoms with E-state index in [2.05, 4.69) is 5.32 Å². The number of furan rings is 1. The van der Waals surface area contributed by atoms with Gasteiger partial charge in [0.15, 0.2) is 0 Å². The van der Waals surface area contributed by atoms with Crippen LogP contribution in [-0.2, 0) is 16.1 Å². The van der Waals surface area contributed by atoms with Crippen LogP contribution in [0.5, 0.6) is 0 Å². The lowest BCUT2D eigenvalue weighted by atomic mass is 9.81. The number of nitrogens with zero attached hydrogens (tertiary/aromatic N) is 1. The summed E-state index contributed by atoms with van der Waals surface area (Å²) in [5.41, 5.74) is -0.887. The van der Waals surface area contributed by atoms with Crippen molar-refractivity contribution in [1.82, 2.24) is 10.2 Å². The Morgan fingerprint density at radius 1 is 1.38 bits per heavy atom. The van der Waals surface area contributed by atoms with Crippen LogP contribution in [0.2, 0.25) is 0 Å². The van der Waals surface area contributed by atoms with E-state index in [1.807, 2.05) is 0 Å². The zero-order chi connectivity index (χ0) is 15.3. The van der Waals surface area contributed by atoms with Crippen LogP contribution in [0, 0.1) is 0 Å². The second-order valence-electron chi connectivity index (χ2n) is 5.50. The molecule has 0 bridgehead atoms. The van der Waals surface area contributed by atoms with Crippen molar-refractivity contribution in [3.05, 3.63) is 24.2 Å². The van der Waals surface area contributed by atoms with Crippen LogP contribution in [0.3, 0.4) is 0 Å². The Hall–Kier alpha value is -1.98. The largest absolute Gasteiger partial charge is 0.467 e. The molecule has 6 nitrogen and oxygen atoms in total. The molecular weight excluding hydrogens is 272 g/mol. The van der Waals surface area contributed by atoms with Crippen LogP contribution in [0.4, 0.5) is 4.79 Å². The van der Waals surface area contributed by atoms with Crippen LogP contribution < -0.4 is 5.32 Å². The molecule has 0 atom stereocenters. The molecule has 1 saturated carbocycles. The topological polar surface area (TPSA) is 71.8 Å². The van der Waals surface area contributed by atoms with E-state index in [-0.39, 0.29) is 12.0 Å². The van der Waals surface area contributed by atoms with E-state index < -0.39 is 5.54 Å². The predicted molar refractivity (Wildman–Crippen MR) is 76.5 cm³/mol. The van der Waals surface area contributed by atoms with Crippen molar-refractivity contribution in [3.8, 4) is 0 Å². The highest BCUT2D eigenvalue weighted by Gasteiger charge is 2.42. The Morgan fingerprint density at radius 2 is 2.10 bits per heavy atom. The number of nitrogens with one attached hydrogen (secondary N) is 1. The van der Waals surface area contributed by atoms with E-state index in [1.54, 1.807) is 25.4 Å². The molecular formula is C15H22N2O4. The lowest BCUT2D eigenvalue weighted by Gasteiger charge is -2.36. The van der Waals surface area contributed by atoms with Gasteiger partial charge < -0.3 is 19.4 Å². The summed E-state index contributed by atoms with van der Waals surface area (Å²) in [4.78, 5) is 25.9. The van der Waals surface area contributed by atoms with Crippen molar-refractivity contribution < 1.29 is 18.7 Å². The Kier molecular flexibility index (Phi) is 4.88. The molecule has 0 saturated heterocycles. The molecule has 1 aliphatic rings. The first kappa shape index (κ1) is 15.4. The van der Waals surface area contributed by atoms with Gasteiger partial charge in [0.25, 0.3) is 0 Å². The maximum atomic E-state index is 12.3. The third kappa shape index (κ3) is 3.56. The van der Waals surface area contributed by atoms with Crippen molar-refractivity contribution >= 4 is 12.0 Å². The lowest BCUT2D eigenvalue weighted by molar-refractivity contribution is -0.149. The minimum absolute atomic E-state index is 0.293. The average Bonchev–Trinajstić information content (AvgIpc) is 3.00. The molecule has 0 spiro atoms. The Bertz CT molecular complexity index is 478. The molecule has 6 heteroatoms. The highest BCUT2D eigenvalue weighted by molar-refractivity contribution is 5.87. The average molecular weight is 294 g/mol. The summed E-state index contributed by atoms with van der Waals surface area (Å²) in [5.74, 6) is 0.338. The van der Waals surface area contributed by atoms with Crippen LogP contribution in [0.1, 0.15) is 37.9 Å². The van der Waals surface area contributed by atoms with Crippen molar-refractivity contribution in [2.24, 2.45) is 0 Å². The Balaban J connectivity index is 2.02. The van der Waals surface area contributed by atoms with Crippen molar-refractivity contribution in [3.63, 3.8) is 0 Å². The number of ether oxygens (including phenoxy) is 1. The van der Waals surface area contributed by atoms with Gasteiger partial charge in [0, 0.05) is 7.05 Å². The first-order valence-corrected chi connectivity index (χ1v) is 7.21. The summed E-state index contributed by atoms with van der Waals surface area (Å²) in [6.45, 7) is 0.357. The van der Waals surface area contributed by atoms with Crippen molar-refractivity contribution in [2.45, 2.75) is 44.2 Å². The van der Waals surface area contributed by atoms with E-state index in [0.29, 0.717) is 25.1 Å². The van der Waals surface area contributed by atoms with Gasteiger partial charge in [0.1, 0.15) is 11.3 Å². The van der Waals surface area contributed by atoms with Crippen LogP contribution in [-0.4, -0.2) is 36.6 Å². The van der Waals surface area contributed by atoms with Gasteiger partial charge in [-0.2, -0.15) is 0 Å². The highest BCUT2D eigenvalue weighted by atomic mass is 16.5. The Morgan fingerprint density at radius 3 is 2.67 bits per heavy atom. The second kappa shape index (κ2) is 6.65. The molecule has 0 radical (unpaired) electrons. The van der Waals surface area contributed by atoms with E-state index in [9.17, 15) is 9.59 Å². The van der Waals surface area contributed by atoms with E-state index in [4.69, 9.17) is 9.15 Å². The highest BCUT2D eigenvalue weighted by Crippen LogP contribution is 2.29. The number of carbonyl (C=O) groups excluding carboxylic acids is 2. The molecule has 21 heavy (non-hydrogen) atoms. The SMILES string of the molecule is COC(=O)C1(NC(=O)N(C)Cc2ccco2)CCCCC1. The summed E-state index contributed by atoms with van der Waals surface area (Å²) < 4.78 is 10.1. The second-order valence-corrected chi connectivity index (χ2v) is 5.50. The minimum Gasteiger partial charge on any atom is -0.467 e. The van der Waals surface area contributed by atoms with Gasteiger partial charge in [-0.3, -0.25) is 0 Å². The monoisotopic (exact) mass is 294 g/mol. The van der Waals surface area contributed by atoms with Crippen molar-refractivity contribution in [1.29, 1.82) is 0 Å². The number of carbonyl (C=O) groups is 2. The summed E-state index contributed by atoms with van der Waals surface area (Å²) in [6, 6.07) is 3.29. The standard InChI is InChI=1S/C15H22N2O4/c1-17(11-12-7-6-10-21-12)14(19)16-15(13(18)20-2)8-4-3-5-9-15/h6-7,10H,3-5,8-9,11H2,1-2H3,(H,16,19). The molecule has 1 N–H and O–H groups in total. The fourth-order valence-electron chi connectivity index (χ4n) is 2.74. The number of amides is 2. The van der Waals surface area contributed by atoms with E-state index in [1.165, 1.54) is 12.0 Å². The molecule has 0 aliphatic heterocycles. The minimum atomic E-state index is -0.887. The van der Waals surface area contributed by atoms with Gasteiger partial charge in [-0.15, -0.1) is 0 Å².